The lowest BCUT2D eigenvalue weighted by Crippen LogP contribution is -2.03. The number of nitrogens with zero attached hydrogens (tertiary/aromatic N) is 2. The van der Waals surface area contributed by atoms with Crippen LogP contribution in [0, 0.1) is 0 Å². The first-order valence-electron chi connectivity index (χ1n) is 11.2. The third kappa shape index (κ3) is 10.2. The highest BCUT2D eigenvalue weighted by atomic mass is 16.5. The van der Waals surface area contributed by atoms with Crippen molar-refractivity contribution in [1.29, 1.82) is 0 Å². The smallest absolute Gasteiger partial charge is 0.335 e. The molecule has 0 radical (unpaired) electrons. The number of benzene rings is 1. The van der Waals surface area contributed by atoms with Crippen molar-refractivity contribution in [3.8, 4) is 22.9 Å². The Morgan fingerprint density at radius 3 is 2.32 bits per heavy atom. The molecule has 168 valence electrons. The first-order chi connectivity index (χ1) is 15.2. The van der Waals surface area contributed by atoms with Crippen molar-refractivity contribution in [2.24, 2.45) is 0 Å². The summed E-state index contributed by atoms with van der Waals surface area (Å²) < 4.78 is 16.4. The molecule has 0 saturated heterocycles. The Morgan fingerprint density at radius 2 is 1.61 bits per heavy atom. The molecule has 0 amide bonds. The van der Waals surface area contributed by atoms with Crippen LogP contribution in [0.5, 0.6) is 11.5 Å². The molecule has 2 aromatic rings. The van der Waals surface area contributed by atoms with Crippen LogP contribution in [0.15, 0.2) is 48.8 Å². The maximum Gasteiger partial charge on any atom is 0.335 e. The summed E-state index contributed by atoms with van der Waals surface area (Å²) in [6, 6.07) is 7.15. The van der Waals surface area contributed by atoms with Crippen LogP contribution >= 0.6 is 0 Å². The molecular weight excluding hydrogens is 392 g/mol. The van der Waals surface area contributed by atoms with E-state index < -0.39 is 0 Å². The van der Waals surface area contributed by atoms with E-state index in [1.165, 1.54) is 18.9 Å². The summed E-state index contributed by atoms with van der Waals surface area (Å²) >= 11 is 0. The number of hydrogen-bond acceptors (Lipinski definition) is 6. The summed E-state index contributed by atoms with van der Waals surface area (Å²) in [7, 11) is 0. The maximum absolute atomic E-state index is 11.9. The minimum absolute atomic E-state index is 0.362. The number of esters is 1. The van der Waals surface area contributed by atoms with Gasteiger partial charge in [0.25, 0.3) is 0 Å². The minimum Gasteiger partial charge on any atom is -0.490 e. The van der Waals surface area contributed by atoms with Crippen LogP contribution in [0.4, 0.5) is 0 Å². The second kappa shape index (κ2) is 15.1. The molecule has 0 aliphatic carbocycles. The molecule has 1 aromatic heterocycles. The lowest BCUT2D eigenvalue weighted by molar-refractivity contribution is -0.129. The van der Waals surface area contributed by atoms with Crippen LogP contribution < -0.4 is 9.47 Å². The quantitative estimate of drug-likeness (QED) is 0.156. The Kier molecular flexibility index (Phi) is 12.0. The number of hydrogen-bond donors (Lipinski definition) is 0. The van der Waals surface area contributed by atoms with E-state index in [0.29, 0.717) is 23.9 Å². The second-order valence-corrected chi connectivity index (χ2v) is 7.25. The van der Waals surface area contributed by atoms with Crippen molar-refractivity contribution < 1.29 is 19.0 Å². The molecule has 0 fully saturated rings. The summed E-state index contributed by atoms with van der Waals surface area (Å²) in [5.74, 6) is 1.37. The van der Waals surface area contributed by atoms with Gasteiger partial charge in [0.2, 0.25) is 0 Å². The number of unbranched alkanes of at least 4 members (excludes halogenated alkanes) is 4. The summed E-state index contributed by atoms with van der Waals surface area (Å²) in [4.78, 5) is 20.6. The zero-order valence-corrected chi connectivity index (χ0v) is 18.7. The fourth-order valence-corrected chi connectivity index (χ4v) is 2.80. The SMILES string of the molecule is CCCCC/C=C/C(=O)Oc1ccc(-c2ncc(OCCCCOCCC)cn2)cc1. The molecule has 31 heavy (non-hydrogen) atoms. The summed E-state index contributed by atoms with van der Waals surface area (Å²) in [6.07, 6.45) is 14.0. The van der Waals surface area contributed by atoms with Gasteiger partial charge in [-0.3, -0.25) is 0 Å². The van der Waals surface area contributed by atoms with Crippen LogP contribution in [0.3, 0.4) is 0 Å². The third-order valence-corrected chi connectivity index (χ3v) is 4.49. The van der Waals surface area contributed by atoms with Gasteiger partial charge in [0, 0.05) is 24.9 Å². The molecule has 1 heterocycles. The van der Waals surface area contributed by atoms with Crippen molar-refractivity contribution in [2.45, 2.75) is 58.8 Å². The van der Waals surface area contributed by atoms with Crippen molar-refractivity contribution in [2.75, 3.05) is 19.8 Å². The number of allylic oxidation sites excluding steroid dienone is 1. The normalized spacial score (nSPS) is 11.0. The molecule has 0 atom stereocenters. The monoisotopic (exact) mass is 426 g/mol. The van der Waals surface area contributed by atoms with E-state index in [1.807, 2.05) is 18.2 Å². The fourth-order valence-electron chi connectivity index (χ4n) is 2.80. The molecule has 0 aliphatic rings. The first kappa shape index (κ1) is 24.5. The Hall–Kier alpha value is -2.73. The number of carbonyl (C=O) groups excluding carboxylic acids is 1. The van der Waals surface area contributed by atoms with Gasteiger partial charge in [-0.25, -0.2) is 14.8 Å². The predicted octanol–water partition coefficient (Wildman–Crippen LogP) is 5.77. The summed E-state index contributed by atoms with van der Waals surface area (Å²) in [5.41, 5.74) is 0.842. The van der Waals surface area contributed by atoms with Gasteiger partial charge < -0.3 is 14.2 Å². The summed E-state index contributed by atoms with van der Waals surface area (Å²) in [5, 5.41) is 0. The lowest BCUT2D eigenvalue weighted by Gasteiger charge is -2.07. The van der Waals surface area contributed by atoms with Gasteiger partial charge in [0.05, 0.1) is 19.0 Å². The number of carbonyl (C=O) groups is 1. The van der Waals surface area contributed by atoms with Gasteiger partial charge in [-0.2, -0.15) is 0 Å². The van der Waals surface area contributed by atoms with E-state index in [4.69, 9.17) is 14.2 Å². The third-order valence-electron chi connectivity index (χ3n) is 4.49. The predicted molar refractivity (Wildman–Crippen MR) is 122 cm³/mol. The molecule has 1 aromatic carbocycles. The van der Waals surface area contributed by atoms with Crippen LogP contribution in [-0.4, -0.2) is 35.8 Å². The molecule has 0 N–H and O–H groups in total. The highest BCUT2D eigenvalue weighted by Crippen LogP contribution is 2.20. The molecule has 6 nitrogen and oxygen atoms in total. The minimum atomic E-state index is -0.362. The van der Waals surface area contributed by atoms with Crippen LogP contribution in [-0.2, 0) is 9.53 Å². The van der Waals surface area contributed by atoms with E-state index >= 15 is 0 Å². The maximum atomic E-state index is 11.9. The van der Waals surface area contributed by atoms with E-state index in [-0.39, 0.29) is 5.97 Å². The number of rotatable bonds is 15. The Balaban J connectivity index is 1.75. The second-order valence-electron chi connectivity index (χ2n) is 7.25. The van der Waals surface area contributed by atoms with Gasteiger partial charge >= 0.3 is 5.97 Å². The van der Waals surface area contributed by atoms with Crippen molar-refractivity contribution in [3.05, 3.63) is 48.8 Å². The van der Waals surface area contributed by atoms with Gasteiger partial charge in [0.1, 0.15) is 5.75 Å². The average Bonchev–Trinajstić information content (AvgIpc) is 2.79. The fraction of sp³-hybridized carbons (Fsp3) is 0.480. The van der Waals surface area contributed by atoms with Crippen molar-refractivity contribution >= 4 is 5.97 Å². The van der Waals surface area contributed by atoms with Gasteiger partial charge in [-0.15, -0.1) is 0 Å². The lowest BCUT2D eigenvalue weighted by atomic mass is 10.2. The first-order valence-corrected chi connectivity index (χ1v) is 11.2. The number of aromatic nitrogens is 2. The molecule has 0 saturated carbocycles. The van der Waals surface area contributed by atoms with Crippen molar-refractivity contribution in [3.63, 3.8) is 0 Å². The largest absolute Gasteiger partial charge is 0.490 e. The molecule has 2 rings (SSSR count). The van der Waals surface area contributed by atoms with Crippen LogP contribution in [0.25, 0.3) is 11.4 Å². The van der Waals surface area contributed by atoms with E-state index in [1.54, 1.807) is 24.5 Å². The van der Waals surface area contributed by atoms with E-state index in [9.17, 15) is 4.79 Å². The molecule has 0 unspecified atom stereocenters. The van der Waals surface area contributed by atoms with Gasteiger partial charge in [-0.05, 0) is 56.4 Å². The van der Waals surface area contributed by atoms with Gasteiger partial charge in [-0.1, -0.05) is 32.8 Å². The molecular formula is C25H34N2O4. The standard InChI is InChI=1S/C25H34N2O4/c1-3-5-6-7-8-11-24(28)31-22-14-12-21(13-15-22)25-26-19-23(20-27-25)30-18-10-9-17-29-16-4-2/h8,11-15,19-20H,3-7,9-10,16-18H2,1-2H3/b11-8+. The Morgan fingerprint density at radius 1 is 0.871 bits per heavy atom. The van der Waals surface area contributed by atoms with Crippen molar-refractivity contribution in [1.82, 2.24) is 9.97 Å². The zero-order valence-electron chi connectivity index (χ0n) is 18.7. The highest BCUT2D eigenvalue weighted by molar-refractivity contribution is 5.84. The van der Waals surface area contributed by atoms with E-state index in [2.05, 4.69) is 23.8 Å². The Bertz CT molecular complexity index is 773. The highest BCUT2D eigenvalue weighted by Gasteiger charge is 2.05. The van der Waals surface area contributed by atoms with Crippen LogP contribution in [0.1, 0.15) is 58.8 Å². The molecule has 0 bridgehead atoms. The number of ether oxygens (including phenoxy) is 3. The topological polar surface area (TPSA) is 70.5 Å². The van der Waals surface area contributed by atoms with Gasteiger partial charge in [0.15, 0.2) is 11.6 Å². The molecule has 6 heteroatoms. The summed E-state index contributed by atoms with van der Waals surface area (Å²) in [6.45, 7) is 6.46. The van der Waals surface area contributed by atoms with E-state index in [0.717, 1.165) is 50.9 Å². The van der Waals surface area contributed by atoms with Crippen LogP contribution in [0.2, 0.25) is 0 Å². The average molecular weight is 427 g/mol. The zero-order chi connectivity index (χ0) is 22.2. The Labute approximate surface area is 185 Å². The molecule has 0 spiro atoms. The molecule has 0 aliphatic heterocycles.